The van der Waals surface area contributed by atoms with Gasteiger partial charge < -0.3 is 15.4 Å². The van der Waals surface area contributed by atoms with Crippen molar-refractivity contribution in [2.24, 2.45) is 0 Å². The van der Waals surface area contributed by atoms with E-state index >= 15 is 0 Å². The molecule has 0 saturated carbocycles. The standard InChI is InChI=1S/C24H19ClN2O3S/c1-30-18-7-4-5-15(11-18)12-22-24(29)27-20-13-16(9-10-21(20)31-22)23(28)26-14-17-6-2-3-8-19(17)25/h2-13H,14H2,1H3,(H,26,28)(H,27,29)/b22-12+. The van der Waals surface area contributed by atoms with Crippen LogP contribution in [-0.2, 0) is 11.3 Å². The first-order valence-corrected chi connectivity index (χ1v) is 10.7. The van der Waals surface area contributed by atoms with Crippen LogP contribution in [0, 0.1) is 0 Å². The third-order valence-corrected chi connectivity index (χ3v) is 6.19. The maximum atomic E-state index is 12.6. The third kappa shape index (κ3) is 4.93. The lowest BCUT2D eigenvalue weighted by molar-refractivity contribution is -0.112. The van der Waals surface area contributed by atoms with Gasteiger partial charge in [0.1, 0.15) is 5.75 Å². The fourth-order valence-corrected chi connectivity index (χ4v) is 4.24. The van der Waals surface area contributed by atoms with Gasteiger partial charge >= 0.3 is 0 Å². The van der Waals surface area contributed by atoms with Crippen molar-refractivity contribution in [2.75, 3.05) is 12.4 Å². The molecule has 1 aliphatic rings. The molecule has 1 aliphatic heterocycles. The summed E-state index contributed by atoms with van der Waals surface area (Å²) in [6.07, 6.45) is 1.82. The highest BCUT2D eigenvalue weighted by Gasteiger charge is 2.22. The molecular weight excluding hydrogens is 432 g/mol. The summed E-state index contributed by atoms with van der Waals surface area (Å²) in [5.74, 6) is 0.275. The zero-order valence-electron chi connectivity index (χ0n) is 16.6. The minimum Gasteiger partial charge on any atom is -0.497 e. The van der Waals surface area contributed by atoms with E-state index in [-0.39, 0.29) is 11.8 Å². The molecule has 3 aromatic rings. The maximum Gasteiger partial charge on any atom is 0.262 e. The van der Waals surface area contributed by atoms with E-state index < -0.39 is 0 Å². The van der Waals surface area contributed by atoms with Gasteiger partial charge in [-0.05, 0) is 53.6 Å². The zero-order valence-corrected chi connectivity index (χ0v) is 18.2. The van der Waals surface area contributed by atoms with Crippen molar-refractivity contribution in [3.63, 3.8) is 0 Å². The van der Waals surface area contributed by atoms with Gasteiger partial charge in [0.25, 0.3) is 11.8 Å². The summed E-state index contributed by atoms with van der Waals surface area (Å²) in [5, 5.41) is 6.34. The highest BCUT2D eigenvalue weighted by Crippen LogP contribution is 2.39. The molecule has 0 aliphatic carbocycles. The predicted octanol–water partition coefficient (Wildman–Crippen LogP) is 5.36. The van der Waals surface area contributed by atoms with Gasteiger partial charge in [0.15, 0.2) is 0 Å². The molecule has 31 heavy (non-hydrogen) atoms. The van der Waals surface area contributed by atoms with Gasteiger partial charge in [-0.15, -0.1) is 0 Å². The maximum absolute atomic E-state index is 12.6. The second-order valence-electron chi connectivity index (χ2n) is 6.83. The predicted molar refractivity (Wildman–Crippen MR) is 125 cm³/mol. The first kappa shape index (κ1) is 21.0. The number of nitrogens with one attached hydrogen (secondary N) is 2. The van der Waals surface area contributed by atoms with E-state index in [0.717, 1.165) is 21.8 Å². The molecule has 0 atom stereocenters. The lowest BCUT2D eigenvalue weighted by Gasteiger charge is -2.19. The van der Waals surface area contributed by atoms with Crippen molar-refractivity contribution >= 4 is 46.9 Å². The van der Waals surface area contributed by atoms with Crippen molar-refractivity contribution in [1.29, 1.82) is 0 Å². The Bertz CT molecular complexity index is 1190. The average Bonchev–Trinajstić information content (AvgIpc) is 2.78. The van der Waals surface area contributed by atoms with Crippen LogP contribution in [0.25, 0.3) is 6.08 Å². The molecule has 0 spiro atoms. The Labute approximate surface area is 189 Å². The molecular formula is C24H19ClN2O3S. The number of amides is 2. The Morgan fingerprint density at radius 3 is 2.77 bits per heavy atom. The molecule has 2 N–H and O–H groups in total. The normalized spacial score (nSPS) is 14.0. The number of carbonyl (C=O) groups excluding carboxylic acids is 2. The zero-order chi connectivity index (χ0) is 21.8. The van der Waals surface area contributed by atoms with E-state index in [0.29, 0.717) is 27.7 Å². The second-order valence-corrected chi connectivity index (χ2v) is 8.32. The number of ether oxygens (including phenoxy) is 1. The highest BCUT2D eigenvalue weighted by atomic mass is 35.5. The van der Waals surface area contributed by atoms with Gasteiger partial charge in [-0.3, -0.25) is 9.59 Å². The van der Waals surface area contributed by atoms with Crippen molar-refractivity contribution in [3.05, 3.63) is 93.3 Å². The van der Waals surface area contributed by atoms with E-state index in [1.54, 1.807) is 25.3 Å². The summed E-state index contributed by atoms with van der Waals surface area (Å²) in [4.78, 5) is 26.6. The summed E-state index contributed by atoms with van der Waals surface area (Å²) in [5.41, 5.74) is 2.79. The number of fused-ring (bicyclic) bond motifs is 1. The van der Waals surface area contributed by atoms with Crippen molar-refractivity contribution < 1.29 is 14.3 Å². The number of thioether (sulfide) groups is 1. The van der Waals surface area contributed by atoms with Gasteiger partial charge in [-0.25, -0.2) is 0 Å². The minimum atomic E-state index is -0.236. The molecule has 0 aromatic heterocycles. The molecule has 0 bridgehead atoms. The lowest BCUT2D eigenvalue weighted by atomic mass is 10.1. The van der Waals surface area contributed by atoms with Gasteiger partial charge in [-0.1, -0.05) is 53.7 Å². The van der Waals surface area contributed by atoms with Gasteiger partial charge in [0.2, 0.25) is 0 Å². The number of hydrogen-bond donors (Lipinski definition) is 2. The van der Waals surface area contributed by atoms with Crippen LogP contribution in [-0.4, -0.2) is 18.9 Å². The fraction of sp³-hybridized carbons (Fsp3) is 0.0833. The summed E-state index contributed by atoms with van der Waals surface area (Å²) in [6.45, 7) is 0.324. The van der Waals surface area contributed by atoms with E-state index in [1.807, 2.05) is 54.6 Å². The van der Waals surface area contributed by atoms with E-state index in [4.69, 9.17) is 16.3 Å². The van der Waals surface area contributed by atoms with E-state index in [1.165, 1.54) is 11.8 Å². The molecule has 5 nitrogen and oxygen atoms in total. The Balaban J connectivity index is 1.49. The number of carbonyl (C=O) groups is 2. The number of halogens is 1. The van der Waals surface area contributed by atoms with E-state index in [9.17, 15) is 9.59 Å². The van der Waals surface area contributed by atoms with E-state index in [2.05, 4.69) is 10.6 Å². The molecule has 4 rings (SSSR count). The summed E-state index contributed by atoms with van der Waals surface area (Å²) < 4.78 is 5.24. The van der Waals surface area contributed by atoms with Crippen LogP contribution in [0.3, 0.4) is 0 Å². The molecule has 0 unspecified atom stereocenters. The van der Waals surface area contributed by atoms with Gasteiger partial charge in [-0.2, -0.15) is 0 Å². The summed E-state index contributed by atoms with van der Waals surface area (Å²) >= 11 is 7.50. The van der Waals surface area contributed by atoms with Crippen LogP contribution in [0.5, 0.6) is 5.75 Å². The van der Waals surface area contributed by atoms with Crippen LogP contribution in [0.2, 0.25) is 5.02 Å². The first-order valence-electron chi connectivity index (χ1n) is 9.54. The highest BCUT2D eigenvalue weighted by molar-refractivity contribution is 8.04. The van der Waals surface area contributed by atoms with Gasteiger partial charge in [0, 0.05) is 22.0 Å². The molecule has 0 radical (unpaired) electrons. The lowest BCUT2D eigenvalue weighted by Crippen LogP contribution is -2.24. The smallest absolute Gasteiger partial charge is 0.262 e. The Kier molecular flexibility index (Phi) is 6.30. The SMILES string of the molecule is COc1cccc(/C=C2/Sc3ccc(C(=O)NCc4ccccc4Cl)cc3NC2=O)c1. The molecule has 1 heterocycles. The number of methoxy groups -OCH3 is 1. The number of anilines is 1. The van der Waals surface area contributed by atoms with Crippen LogP contribution < -0.4 is 15.4 Å². The molecule has 0 fully saturated rings. The Hall–Kier alpha value is -3.22. The van der Waals surface area contributed by atoms with Crippen LogP contribution in [0.4, 0.5) is 5.69 Å². The summed E-state index contributed by atoms with van der Waals surface area (Å²) in [6, 6.07) is 20.1. The Morgan fingerprint density at radius 1 is 1.13 bits per heavy atom. The van der Waals surface area contributed by atoms with Crippen LogP contribution >= 0.6 is 23.4 Å². The molecule has 156 valence electrons. The van der Waals surface area contributed by atoms with Crippen molar-refractivity contribution in [1.82, 2.24) is 5.32 Å². The van der Waals surface area contributed by atoms with Crippen molar-refractivity contribution in [2.45, 2.75) is 11.4 Å². The van der Waals surface area contributed by atoms with Crippen LogP contribution in [0.1, 0.15) is 21.5 Å². The molecule has 2 amide bonds. The summed E-state index contributed by atoms with van der Waals surface area (Å²) in [7, 11) is 1.60. The van der Waals surface area contributed by atoms with Crippen molar-refractivity contribution in [3.8, 4) is 5.75 Å². The largest absolute Gasteiger partial charge is 0.497 e. The molecule has 0 saturated heterocycles. The number of benzene rings is 3. The quantitative estimate of drug-likeness (QED) is 0.513. The molecule has 3 aromatic carbocycles. The topological polar surface area (TPSA) is 67.4 Å². The van der Waals surface area contributed by atoms with Gasteiger partial charge in [0.05, 0.1) is 17.7 Å². The molecule has 7 heteroatoms. The van der Waals surface area contributed by atoms with Crippen LogP contribution in [0.15, 0.2) is 76.5 Å². The third-order valence-electron chi connectivity index (χ3n) is 4.72. The minimum absolute atomic E-state index is 0.214. The average molecular weight is 451 g/mol. The fourth-order valence-electron chi connectivity index (χ4n) is 3.10. The number of hydrogen-bond acceptors (Lipinski definition) is 4. The number of rotatable bonds is 5. The Morgan fingerprint density at radius 2 is 1.97 bits per heavy atom. The second kappa shape index (κ2) is 9.29. The first-order chi connectivity index (χ1) is 15.0. The monoisotopic (exact) mass is 450 g/mol.